The van der Waals surface area contributed by atoms with E-state index in [0.29, 0.717) is 17.5 Å². The largest absolute Gasteiger partial charge is 0.247 e. The van der Waals surface area contributed by atoms with Gasteiger partial charge in [-0.3, -0.25) is 0 Å². The van der Waals surface area contributed by atoms with E-state index >= 15 is 0 Å². The third-order valence-electron chi connectivity index (χ3n) is 12.8. The summed E-state index contributed by atoms with van der Waals surface area (Å²) in [4.78, 5) is 21.0. The number of aromatic nitrogens is 4. The first-order chi connectivity index (χ1) is 31.7. The van der Waals surface area contributed by atoms with Gasteiger partial charge in [0, 0.05) is 38.4 Å². The molecule has 0 fully saturated rings. The maximum atomic E-state index is 5.48. The molecule has 296 valence electrons. The molecule has 0 amide bonds. The van der Waals surface area contributed by atoms with Crippen molar-refractivity contribution in [1.29, 1.82) is 0 Å². The first kappa shape index (κ1) is 36.1. The lowest BCUT2D eigenvalue weighted by atomic mass is 9.92. The van der Waals surface area contributed by atoms with Gasteiger partial charge in [0.05, 0.1) is 11.2 Å². The van der Waals surface area contributed by atoms with Crippen LogP contribution in [0.25, 0.3) is 132 Å². The number of pyridine rings is 1. The van der Waals surface area contributed by atoms with E-state index in [9.17, 15) is 0 Å². The van der Waals surface area contributed by atoms with E-state index in [1.54, 1.807) is 0 Å². The molecule has 4 heteroatoms. The first-order valence-corrected chi connectivity index (χ1v) is 21.7. The molecule has 0 bridgehead atoms. The number of rotatable bonds is 5. The Kier molecular flexibility index (Phi) is 8.18. The molecular formula is C60H36N4. The van der Waals surface area contributed by atoms with Crippen LogP contribution >= 0.6 is 0 Å². The molecule has 13 aromatic rings. The second kappa shape index (κ2) is 14.5. The van der Waals surface area contributed by atoms with Crippen LogP contribution in [0.15, 0.2) is 218 Å². The molecule has 11 aromatic carbocycles. The Hall–Kier alpha value is -8.60. The van der Waals surface area contributed by atoms with Crippen LogP contribution in [0.4, 0.5) is 0 Å². The van der Waals surface area contributed by atoms with Crippen molar-refractivity contribution < 1.29 is 0 Å². The lowest BCUT2D eigenvalue weighted by molar-refractivity contribution is 1.08. The third-order valence-corrected chi connectivity index (χ3v) is 12.8. The lowest BCUT2D eigenvalue weighted by Crippen LogP contribution is -2.00. The van der Waals surface area contributed by atoms with Crippen molar-refractivity contribution >= 4 is 75.5 Å². The highest BCUT2D eigenvalue weighted by Gasteiger charge is 2.18. The van der Waals surface area contributed by atoms with Gasteiger partial charge in [-0.05, 0) is 101 Å². The third kappa shape index (κ3) is 6.07. The predicted molar refractivity (Wildman–Crippen MR) is 267 cm³/mol. The Morgan fingerprint density at radius 2 is 0.672 bits per heavy atom. The summed E-state index contributed by atoms with van der Waals surface area (Å²) < 4.78 is 0. The van der Waals surface area contributed by atoms with E-state index in [-0.39, 0.29) is 0 Å². The number of hydrogen-bond acceptors (Lipinski definition) is 4. The Balaban J connectivity index is 0.985. The molecular weight excluding hydrogens is 777 g/mol. The molecule has 2 aromatic heterocycles. The summed E-state index contributed by atoms with van der Waals surface area (Å²) >= 11 is 0. The fraction of sp³-hybridized carbons (Fsp3) is 0. The van der Waals surface area contributed by atoms with Crippen molar-refractivity contribution in [2.24, 2.45) is 0 Å². The van der Waals surface area contributed by atoms with Gasteiger partial charge < -0.3 is 0 Å². The van der Waals surface area contributed by atoms with Crippen LogP contribution in [0.5, 0.6) is 0 Å². The lowest BCUT2D eigenvalue weighted by Gasteiger charge is -2.15. The smallest absolute Gasteiger partial charge is 0.164 e. The van der Waals surface area contributed by atoms with E-state index in [4.69, 9.17) is 19.9 Å². The van der Waals surface area contributed by atoms with Crippen LogP contribution in [0.3, 0.4) is 0 Å². The van der Waals surface area contributed by atoms with Gasteiger partial charge in [-0.15, -0.1) is 0 Å². The van der Waals surface area contributed by atoms with E-state index in [1.165, 1.54) is 54.0 Å². The average Bonchev–Trinajstić information content (AvgIpc) is 3.37. The summed E-state index contributed by atoms with van der Waals surface area (Å²) in [6, 6.07) is 77.8. The molecule has 0 spiro atoms. The number of fused-ring (bicyclic) bond motifs is 10. The summed E-state index contributed by atoms with van der Waals surface area (Å²) in [5.74, 6) is 1.85. The van der Waals surface area contributed by atoms with Crippen LogP contribution in [-0.4, -0.2) is 19.9 Å². The van der Waals surface area contributed by atoms with E-state index < -0.39 is 0 Å². The SMILES string of the molecule is c1cc(-c2nc(-c3ccc4ccccc4c3)nc(-c3ccc4ccccc4c3)n2)cc(-c2nc3ccc(-c4ccc5ccc6ccccc6c5c4)cc3c3c2ccc2ccccc23)c1. The van der Waals surface area contributed by atoms with Gasteiger partial charge in [-0.1, -0.05) is 182 Å². The van der Waals surface area contributed by atoms with Crippen LogP contribution < -0.4 is 0 Å². The van der Waals surface area contributed by atoms with Crippen LogP contribution in [0.1, 0.15) is 0 Å². The van der Waals surface area contributed by atoms with E-state index in [0.717, 1.165) is 60.6 Å². The van der Waals surface area contributed by atoms with Crippen LogP contribution in [0.2, 0.25) is 0 Å². The summed E-state index contributed by atoms with van der Waals surface area (Å²) in [5.41, 5.74) is 7.95. The molecule has 0 aliphatic carbocycles. The maximum absolute atomic E-state index is 5.48. The van der Waals surface area contributed by atoms with Crippen molar-refractivity contribution in [3.63, 3.8) is 0 Å². The summed E-state index contributed by atoms with van der Waals surface area (Å²) in [7, 11) is 0. The Labute approximate surface area is 368 Å². The zero-order chi connectivity index (χ0) is 42.1. The van der Waals surface area contributed by atoms with E-state index in [2.05, 4.69) is 218 Å². The van der Waals surface area contributed by atoms with Gasteiger partial charge in [0.1, 0.15) is 0 Å². The highest BCUT2D eigenvalue weighted by molar-refractivity contribution is 6.23. The molecule has 0 atom stereocenters. The molecule has 64 heavy (non-hydrogen) atoms. The van der Waals surface area contributed by atoms with Gasteiger partial charge >= 0.3 is 0 Å². The number of benzene rings is 11. The van der Waals surface area contributed by atoms with Gasteiger partial charge in [0.2, 0.25) is 0 Å². The summed E-state index contributed by atoms with van der Waals surface area (Å²) in [5, 5.41) is 15.4. The number of nitrogens with zero attached hydrogens (tertiary/aromatic N) is 4. The fourth-order valence-corrected chi connectivity index (χ4v) is 9.58. The molecule has 0 saturated heterocycles. The standard InChI is InChI=1S/C60H36N4/c1-3-14-42-32-48(26-20-37(42)10-1)59-62-58(63-60(64-59)49-27-21-38-11-2-4-15-43(38)33-49)47-17-9-16-46(34-47)57-52-30-28-40-13-6-8-19-51(40)56(52)54-36-45(29-31-55(54)61-57)44-25-24-41-23-22-39-12-5-7-18-50(39)53(41)35-44/h1-36H. The number of hydrogen-bond donors (Lipinski definition) is 0. The minimum Gasteiger partial charge on any atom is -0.247 e. The zero-order valence-corrected chi connectivity index (χ0v) is 34.6. The Morgan fingerprint density at radius 1 is 0.219 bits per heavy atom. The van der Waals surface area contributed by atoms with Crippen molar-refractivity contribution in [2.45, 2.75) is 0 Å². The highest BCUT2D eigenvalue weighted by atomic mass is 15.0. The van der Waals surface area contributed by atoms with Gasteiger partial charge in [-0.25, -0.2) is 19.9 Å². The van der Waals surface area contributed by atoms with E-state index in [1.807, 2.05) is 0 Å². The fourth-order valence-electron chi connectivity index (χ4n) is 9.58. The molecule has 2 heterocycles. The minimum atomic E-state index is 0.603. The van der Waals surface area contributed by atoms with Crippen LogP contribution in [-0.2, 0) is 0 Å². The van der Waals surface area contributed by atoms with Crippen molar-refractivity contribution in [2.75, 3.05) is 0 Å². The molecule has 0 radical (unpaired) electrons. The second-order valence-electron chi connectivity index (χ2n) is 16.6. The molecule has 4 nitrogen and oxygen atoms in total. The normalized spacial score (nSPS) is 11.8. The summed E-state index contributed by atoms with van der Waals surface area (Å²) in [6.45, 7) is 0. The monoisotopic (exact) mass is 812 g/mol. The minimum absolute atomic E-state index is 0.603. The van der Waals surface area contributed by atoms with Gasteiger partial charge in [0.15, 0.2) is 17.5 Å². The van der Waals surface area contributed by atoms with Gasteiger partial charge in [0.25, 0.3) is 0 Å². The predicted octanol–water partition coefficient (Wildman–Crippen LogP) is 15.7. The summed E-state index contributed by atoms with van der Waals surface area (Å²) in [6.07, 6.45) is 0. The topological polar surface area (TPSA) is 51.6 Å². The Bertz CT molecular complexity index is 3940. The average molecular weight is 813 g/mol. The molecule has 0 N–H and O–H groups in total. The van der Waals surface area contributed by atoms with Crippen molar-refractivity contribution in [3.8, 4) is 56.5 Å². The molecule has 0 aliphatic rings. The molecule has 0 unspecified atom stereocenters. The second-order valence-corrected chi connectivity index (χ2v) is 16.6. The quantitative estimate of drug-likeness (QED) is 0.162. The van der Waals surface area contributed by atoms with Crippen LogP contribution in [0, 0.1) is 0 Å². The molecule has 0 saturated carbocycles. The van der Waals surface area contributed by atoms with Gasteiger partial charge in [-0.2, -0.15) is 0 Å². The van der Waals surface area contributed by atoms with Crippen molar-refractivity contribution in [3.05, 3.63) is 218 Å². The molecule has 13 rings (SSSR count). The highest BCUT2D eigenvalue weighted by Crippen LogP contribution is 2.40. The zero-order valence-electron chi connectivity index (χ0n) is 34.6. The first-order valence-electron chi connectivity index (χ1n) is 21.7. The van der Waals surface area contributed by atoms with Crippen molar-refractivity contribution in [1.82, 2.24) is 19.9 Å². The molecule has 0 aliphatic heterocycles. The Morgan fingerprint density at radius 3 is 1.34 bits per heavy atom. The maximum Gasteiger partial charge on any atom is 0.164 e.